The summed E-state index contributed by atoms with van der Waals surface area (Å²) in [5.74, 6) is -0.841. The van der Waals surface area contributed by atoms with Gasteiger partial charge in [-0.2, -0.15) is 5.10 Å². The number of nitro benzene ring substituents is 1. The second-order valence-electron chi connectivity index (χ2n) is 7.53. The van der Waals surface area contributed by atoms with Gasteiger partial charge in [-0.1, -0.05) is 24.3 Å². The van der Waals surface area contributed by atoms with Crippen LogP contribution >= 0.6 is 0 Å². The average molecular weight is 504 g/mol. The minimum atomic E-state index is -0.796. The molecule has 37 heavy (non-hydrogen) atoms. The van der Waals surface area contributed by atoms with Crippen molar-refractivity contribution in [3.8, 4) is 23.0 Å². The number of rotatable bonds is 8. The first-order valence-electron chi connectivity index (χ1n) is 10.7. The average Bonchev–Trinajstić information content (AvgIpc) is 3.37. The predicted molar refractivity (Wildman–Crippen MR) is 132 cm³/mol. The molecular weight excluding hydrogens is 484 g/mol. The van der Waals surface area contributed by atoms with E-state index in [9.17, 15) is 24.8 Å². The first-order chi connectivity index (χ1) is 17.9. The quantitative estimate of drug-likeness (QED) is 0.183. The molecule has 1 aliphatic rings. The van der Waals surface area contributed by atoms with Gasteiger partial charge in [0.05, 0.1) is 24.3 Å². The zero-order valence-corrected chi connectivity index (χ0v) is 19.3. The number of aromatic hydroxyl groups is 1. The van der Waals surface area contributed by atoms with Crippen LogP contribution in [0.2, 0.25) is 0 Å². The second kappa shape index (κ2) is 10.9. The van der Waals surface area contributed by atoms with Crippen LogP contribution in [0.5, 0.6) is 23.0 Å². The van der Waals surface area contributed by atoms with Crippen LogP contribution < -0.4 is 25.0 Å². The molecule has 12 heteroatoms. The van der Waals surface area contributed by atoms with Crippen molar-refractivity contribution in [2.24, 2.45) is 5.10 Å². The Bertz CT molecular complexity index is 1420. The van der Waals surface area contributed by atoms with Crippen molar-refractivity contribution in [3.05, 3.63) is 93.2 Å². The van der Waals surface area contributed by atoms with Crippen LogP contribution in [-0.2, 0) is 4.79 Å². The minimum absolute atomic E-state index is 0.0685. The van der Waals surface area contributed by atoms with Crippen LogP contribution in [0.4, 0.5) is 5.69 Å². The molecule has 0 spiro atoms. The molecule has 0 radical (unpaired) electrons. The van der Waals surface area contributed by atoms with Crippen molar-refractivity contribution in [1.82, 2.24) is 10.7 Å². The van der Waals surface area contributed by atoms with Gasteiger partial charge in [-0.15, -0.1) is 0 Å². The number of amides is 2. The van der Waals surface area contributed by atoms with Gasteiger partial charge in [0, 0.05) is 17.2 Å². The standard InChI is InChI=1S/C25H20N4O8/c1-35-22-12-18(29(33)34)11-17(23(22)30)13-26-28-25(32)19(27-24(31)16-5-3-2-4-6-16)9-15-7-8-20-21(10-15)37-14-36-20/h2-13,30H,14H2,1H3,(H,27,31)(H,28,32)/b19-9?,26-13+. The maximum absolute atomic E-state index is 13.0. The molecule has 0 saturated heterocycles. The molecular formula is C25H20N4O8. The third-order valence-electron chi connectivity index (χ3n) is 5.13. The molecule has 2 amide bonds. The molecule has 3 N–H and O–H groups in total. The molecule has 0 aromatic heterocycles. The number of ether oxygens (including phenoxy) is 3. The lowest BCUT2D eigenvalue weighted by Crippen LogP contribution is -2.32. The SMILES string of the molecule is COc1cc([N+](=O)[O-])cc(/C=N/NC(=O)C(=Cc2ccc3c(c2)OCO3)NC(=O)c2ccccc2)c1O. The molecule has 4 rings (SSSR count). The van der Waals surface area contributed by atoms with Crippen molar-refractivity contribution in [2.45, 2.75) is 0 Å². The topological polar surface area (TPSA) is 162 Å². The lowest BCUT2D eigenvalue weighted by Gasteiger charge is -2.10. The molecule has 0 bridgehead atoms. The normalized spacial score (nSPS) is 12.3. The third kappa shape index (κ3) is 5.82. The van der Waals surface area contributed by atoms with E-state index in [1.54, 1.807) is 48.5 Å². The highest BCUT2D eigenvalue weighted by Gasteiger charge is 2.18. The zero-order valence-electron chi connectivity index (χ0n) is 19.3. The summed E-state index contributed by atoms with van der Waals surface area (Å²) in [5, 5.41) is 27.7. The highest BCUT2D eigenvalue weighted by Crippen LogP contribution is 2.34. The van der Waals surface area contributed by atoms with Gasteiger partial charge in [0.2, 0.25) is 6.79 Å². The van der Waals surface area contributed by atoms with Crippen LogP contribution in [0.3, 0.4) is 0 Å². The number of hydrogen-bond acceptors (Lipinski definition) is 9. The molecule has 0 saturated carbocycles. The monoisotopic (exact) mass is 504 g/mol. The number of carbonyl (C=O) groups excluding carboxylic acids is 2. The Hall–Kier alpha value is -5.39. The summed E-state index contributed by atoms with van der Waals surface area (Å²) in [7, 11) is 1.24. The molecule has 1 aliphatic heterocycles. The van der Waals surface area contributed by atoms with Gasteiger partial charge in [-0.25, -0.2) is 5.43 Å². The van der Waals surface area contributed by atoms with E-state index in [1.165, 1.54) is 13.2 Å². The molecule has 0 aliphatic carbocycles. The number of carbonyl (C=O) groups is 2. The number of fused-ring (bicyclic) bond motifs is 1. The van der Waals surface area contributed by atoms with Crippen LogP contribution in [-0.4, -0.2) is 42.0 Å². The summed E-state index contributed by atoms with van der Waals surface area (Å²) in [6.45, 7) is 0.0740. The van der Waals surface area contributed by atoms with Crippen molar-refractivity contribution in [3.63, 3.8) is 0 Å². The van der Waals surface area contributed by atoms with Gasteiger partial charge in [0.15, 0.2) is 23.0 Å². The lowest BCUT2D eigenvalue weighted by atomic mass is 10.1. The van der Waals surface area contributed by atoms with E-state index in [4.69, 9.17) is 14.2 Å². The Kier molecular flexibility index (Phi) is 7.29. The van der Waals surface area contributed by atoms with E-state index in [1.807, 2.05) is 0 Å². The van der Waals surface area contributed by atoms with Crippen LogP contribution in [0.15, 0.2) is 71.5 Å². The van der Waals surface area contributed by atoms with Crippen molar-refractivity contribution < 1.29 is 33.8 Å². The number of hydrazone groups is 1. The van der Waals surface area contributed by atoms with E-state index in [0.717, 1.165) is 18.3 Å². The van der Waals surface area contributed by atoms with Gasteiger partial charge in [-0.05, 0) is 35.9 Å². The maximum Gasteiger partial charge on any atom is 0.287 e. The number of methoxy groups -OCH3 is 1. The fourth-order valence-electron chi connectivity index (χ4n) is 3.31. The summed E-state index contributed by atoms with van der Waals surface area (Å²) < 4.78 is 15.6. The summed E-state index contributed by atoms with van der Waals surface area (Å²) in [5.41, 5.74) is 2.54. The molecule has 1 heterocycles. The molecule has 3 aromatic rings. The zero-order chi connectivity index (χ0) is 26.4. The molecule has 188 valence electrons. The van der Waals surface area contributed by atoms with E-state index in [-0.39, 0.29) is 29.5 Å². The number of nitrogens with one attached hydrogen (secondary N) is 2. The Morgan fingerprint density at radius 3 is 2.59 bits per heavy atom. The van der Waals surface area contributed by atoms with Gasteiger partial charge < -0.3 is 24.6 Å². The van der Waals surface area contributed by atoms with E-state index < -0.39 is 22.5 Å². The number of nitro groups is 1. The number of hydrogen-bond donors (Lipinski definition) is 3. The first-order valence-corrected chi connectivity index (χ1v) is 10.7. The lowest BCUT2D eigenvalue weighted by molar-refractivity contribution is -0.385. The van der Waals surface area contributed by atoms with Crippen molar-refractivity contribution >= 4 is 29.8 Å². The number of benzene rings is 3. The Balaban J connectivity index is 1.59. The summed E-state index contributed by atoms with van der Waals surface area (Å²) in [4.78, 5) is 36.2. The molecule has 0 fully saturated rings. The summed E-state index contributed by atoms with van der Waals surface area (Å²) in [6.07, 6.45) is 2.43. The fraction of sp³-hybridized carbons (Fsp3) is 0.0800. The van der Waals surface area contributed by atoms with Crippen LogP contribution in [0.1, 0.15) is 21.5 Å². The van der Waals surface area contributed by atoms with Crippen LogP contribution in [0.25, 0.3) is 6.08 Å². The van der Waals surface area contributed by atoms with Gasteiger partial charge in [0.1, 0.15) is 5.70 Å². The Morgan fingerprint density at radius 2 is 1.86 bits per heavy atom. The minimum Gasteiger partial charge on any atom is -0.504 e. The molecule has 0 unspecified atom stereocenters. The van der Waals surface area contributed by atoms with Gasteiger partial charge in [-0.3, -0.25) is 19.7 Å². The predicted octanol–water partition coefficient (Wildman–Crippen LogP) is 2.96. The fourth-order valence-corrected chi connectivity index (χ4v) is 3.31. The van der Waals surface area contributed by atoms with Crippen molar-refractivity contribution in [1.29, 1.82) is 0 Å². The number of phenols is 1. The number of nitrogens with zero attached hydrogens (tertiary/aromatic N) is 2. The second-order valence-corrected chi connectivity index (χ2v) is 7.53. The largest absolute Gasteiger partial charge is 0.504 e. The maximum atomic E-state index is 13.0. The molecule has 3 aromatic carbocycles. The summed E-state index contributed by atoms with van der Waals surface area (Å²) in [6, 6.07) is 15.4. The van der Waals surface area contributed by atoms with E-state index in [2.05, 4.69) is 15.8 Å². The van der Waals surface area contributed by atoms with E-state index in [0.29, 0.717) is 22.6 Å². The number of phenolic OH excluding ortho intramolecular Hbond substituents is 1. The summed E-state index contributed by atoms with van der Waals surface area (Å²) >= 11 is 0. The molecule has 0 atom stereocenters. The van der Waals surface area contributed by atoms with Crippen molar-refractivity contribution in [2.75, 3.05) is 13.9 Å². The highest BCUT2D eigenvalue weighted by molar-refractivity contribution is 6.05. The Labute approximate surface area is 209 Å². The van der Waals surface area contributed by atoms with Gasteiger partial charge >= 0.3 is 0 Å². The van der Waals surface area contributed by atoms with Crippen LogP contribution in [0, 0.1) is 10.1 Å². The van der Waals surface area contributed by atoms with E-state index >= 15 is 0 Å². The van der Waals surface area contributed by atoms with Gasteiger partial charge in [0.25, 0.3) is 17.5 Å². The highest BCUT2D eigenvalue weighted by atomic mass is 16.7. The first kappa shape index (κ1) is 24.7. The third-order valence-corrected chi connectivity index (χ3v) is 5.13. The Morgan fingerprint density at radius 1 is 1.11 bits per heavy atom. The number of non-ortho nitro benzene ring substituents is 1. The molecule has 12 nitrogen and oxygen atoms in total. The smallest absolute Gasteiger partial charge is 0.287 e.